The molecule has 0 atom stereocenters. The number of benzene rings is 3. The number of halogens is 2. The van der Waals surface area contributed by atoms with Crippen molar-refractivity contribution in [1.29, 1.82) is 5.41 Å². The summed E-state index contributed by atoms with van der Waals surface area (Å²) >= 11 is 12.3. The lowest BCUT2D eigenvalue weighted by Gasteiger charge is -2.15. The zero-order valence-corrected chi connectivity index (χ0v) is 23.3. The summed E-state index contributed by atoms with van der Waals surface area (Å²) < 4.78 is 5.35. The maximum Gasteiger partial charge on any atom is 0.342 e. The molecule has 41 heavy (non-hydrogen) atoms. The highest BCUT2D eigenvalue weighted by Crippen LogP contribution is 2.36. The molecule has 5 N–H and O–H groups in total. The van der Waals surface area contributed by atoms with Crippen LogP contribution in [0.2, 0.25) is 10.0 Å². The van der Waals surface area contributed by atoms with Gasteiger partial charge in [0.1, 0.15) is 11.4 Å². The Bertz CT molecular complexity index is 1690. The van der Waals surface area contributed by atoms with Crippen molar-refractivity contribution >= 4 is 58.1 Å². The summed E-state index contributed by atoms with van der Waals surface area (Å²) in [6.07, 6.45) is 1.70. The number of H-pyrrole nitrogens is 1. The summed E-state index contributed by atoms with van der Waals surface area (Å²) in [7, 11) is 0. The minimum Gasteiger partial charge on any atom is -0.462 e. The van der Waals surface area contributed by atoms with Crippen LogP contribution in [-0.4, -0.2) is 33.7 Å². The van der Waals surface area contributed by atoms with E-state index < -0.39 is 5.97 Å². The van der Waals surface area contributed by atoms with Crippen LogP contribution in [0.15, 0.2) is 91.1 Å². The first kappa shape index (κ1) is 27.7. The fourth-order valence-electron chi connectivity index (χ4n) is 4.12. The Labute approximate surface area is 246 Å². The van der Waals surface area contributed by atoms with Crippen LogP contribution in [0, 0.1) is 5.41 Å². The normalized spacial score (nSPS) is 10.6. The molecule has 206 valence electrons. The molecule has 11 heteroatoms. The number of aromatic nitrogens is 3. The molecule has 0 amide bonds. The molecule has 0 saturated heterocycles. The molecular formula is C30H25Cl2N7O2. The predicted molar refractivity (Wildman–Crippen MR) is 164 cm³/mol. The van der Waals surface area contributed by atoms with Crippen LogP contribution in [0.5, 0.6) is 0 Å². The maximum absolute atomic E-state index is 13.0. The van der Waals surface area contributed by atoms with E-state index in [0.29, 0.717) is 49.7 Å². The predicted octanol–water partition coefficient (Wildman–Crippen LogP) is 7.82. The highest BCUT2D eigenvalue weighted by Gasteiger charge is 2.22. The van der Waals surface area contributed by atoms with Crippen molar-refractivity contribution in [2.24, 2.45) is 0 Å². The third kappa shape index (κ3) is 6.49. The molecule has 2 aromatic heterocycles. The lowest BCUT2D eigenvalue weighted by Crippen LogP contribution is -2.22. The number of anilines is 4. The summed E-state index contributed by atoms with van der Waals surface area (Å²) in [5.41, 5.74) is 4.48. The van der Waals surface area contributed by atoms with Crippen molar-refractivity contribution in [3.05, 3.63) is 107 Å². The molecule has 0 unspecified atom stereocenters. The lowest BCUT2D eigenvalue weighted by molar-refractivity contribution is 0.0528. The van der Waals surface area contributed by atoms with Crippen molar-refractivity contribution in [2.75, 3.05) is 22.6 Å². The van der Waals surface area contributed by atoms with Gasteiger partial charge in [-0.25, -0.2) is 4.79 Å². The minimum atomic E-state index is -0.505. The van der Waals surface area contributed by atoms with Crippen LogP contribution in [-0.2, 0) is 4.74 Å². The van der Waals surface area contributed by atoms with E-state index in [4.69, 9.17) is 33.3 Å². The highest BCUT2D eigenvalue weighted by atomic mass is 35.5. The average molecular weight is 586 g/mol. The van der Waals surface area contributed by atoms with Gasteiger partial charge >= 0.3 is 5.97 Å². The number of carbonyl (C=O) groups excluding carboxylic acids is 1. The summed E-state index contributed by atoms with van der Waals surface area (Å²) in [5.74, 6) is 0.304. The van der Waals surface area contributed by atoms with Gasteiger partial charge in [-0.15, -0.1) is 10.2 Å². The largest absolute Gasteiger partial charge is 0.462 e. The van der Waals surface area contributed by atoms with Gasteiger partial charge in [-0.05, 0) is 48.9 Å². The molecule has 0 saturated carbocycles. The molecule has 0 fully saturated rings. The van der Waals surface area contributed by atoms with Gasteiger partial charge in [-0.3, -0.25) is 5.41 Å². The Morgan fingerprint density at radius 1 is 0.878 bits per heavy atom. The molecule has 5 rings (SSSR count). The van der Waals surface area contributed by atoms with Gasteiger partial charge in [0, 0.05) is 17.3 Å². The zero-order valence-electron chi connectivity index (χ0n) is 21.8. The minimum absolute atomic E-state index is 0.0189. The topological polar surface area (TPSA) is 128 Å². The summed E-state index contributed by atoms with van der Waals surface area (Å²) in [5, 5.41) is 26.9. The molecule has 0 spiro atoms. The Morgan fingerprint density at radius 2 is 1.63 bits per heavy atom. The second-order valence-electron chi connectivity index (χ2n) is 8.77. The van der Waals surface area contributed by atoms with Gasteiger partial charge in [-0.2, -0.15) is 0 Å². The van der Waals surface area contributed by atoms with Crippen molar-refractivity contribution in [1.82, 2.24) is 15.2 Å². The number of nitrogens with one attached hydrogen (secondary N) is 5. The SMILES string of the molecule is CCOC(=O)c1c(-c2ccc(Cl)c(Cl)c2)c[nH]c1Nc1ccccc1NC(=N)Nc1ccc(-c2ccccc2)nn1. The van der Waals surface area contributed by atoms with Crippen LogP contribution < -0.4 is 16.0 Å². The molecule has 0 bridgehead atoms. The quantitative estimate of drug-likeness (QED) is 0.0712. The molecule has 9 nitrogen and oxygen atoms in total. The second kappa shape index (κ2) is 12.5. The number of para-hydroxylation sites is 2. The van der Waals surface area contributed by atoms with E-state index in [9.17, 15) is 4.79 Å². The monoisotopic (exact) mass is 585 g/mol. The van der Waals surface area contributed by atoms with Crippen molar-refractivity contribution in [3.8, 4) is 22.4 Å². The van der Waals surface area contributed by atoms with E-state index in [2.05, 4.69) is 31.1 Å². The van der Waals surface area contributed by atoms with E-state index in [1.165, 1.54) is 0 Å². The smallest absolute Gasteiger partial charge is 0.342 e. The second-order valence-corrected chi connectivity index (χ2v) is 9.58. The van der Waals surface area contributed by atoms with Crippen LogP contribution in [0.25, 0.3) is 22.4 Å². The third-order valence-corrected chi connectivity index (χ3v) is 6.76. The molecule has 0 aliphatic rings. The summed E-state index contributed by atoms with van der Waals surface area (Å²) in [6, 6.07) is 25.7. The number of esters is 1. The zero-order chi connectivity index (χ0) is 28.8. The number of nitrogens with zero attached hydrogens (tertiary/aromatic N) is 2. The third-order valence-electron chi connectivity index (χ3n) is 6.02. The van der Waals surface area contributed by atoms with Crippen molar-refractivity contribution in [2.45, 2.75) is 6.92 Å². The van der Waals surface area contributed by atoms with Crippen molar-refractivity contribution < 1.29 is 9.53 Å². The van der Waals surface area contributed by atoms with Crippen molar-refractivity contribution in [3.63, 3.8) is 0 Å². The van der Waals surface area contributed by atoms with E-state index in [1.807, 2.05) is 54.6 Å². The van der Waals surface area contributed by atoms with E-state index in [1.54, 1.807) is 43.5 Å². The Hall–Kier alpha value is -4.86. The van der Waals surface area contributed by atoms with E-state index >= 15 is 0 Å². The fraction of sp³-hybridized carbons (Fsp3) is 0.0667. The molecule has 3 aromatic carbocycles. The first-order chi connectivity index (χ1) is 19.9. The van der Waals surface area contributed by atoms with Gasteiger partial charge < -0.3 is 25.7 Å². The maximum atomic E-state index is 13.0. The number of hydrogen-bond acceptors (Lipinski definition) is 6. The summed E-state index contributed by atoms with van der Waals surface area (Å²) in [4.78, 5) is 16.2. The van der Waals surface area contributed by atoms with E-state index in [-0.39, 0.29) is 12.6 Å². The van der Waals surface area contributed by atoms with Gasteiger partial charge in [0.25, 0.3) is 0 Å². The number of guanidine groups is 1. The van der Waals surface area contributed by atoms with Gasteiger partial charge in [0.05, 0.1) is 33.7 Å². The average Bonchev–Trinajstić information content (AvgIpc) is 3.40. The molecule has 0 radical (unpaired) electrons. The number of carbonyl (C=O) groups is 1. The van der Waals surface area contributed by atoms with Gasteiger partial charge in [-0.1, -0.05) is 71.7 Å². The number of aromatic amines is 1. The molecular weight excluding hydrogens is 561 g/mol. The van der Waals surface area contributed by atoms with Gasteiger partial charge in [0.2, 0.25) is 0 Å². The van der Waals surface area contributed by atoms with Crippen LogP contribution >= 0.6 is 23.2 Å². The first-order valence-corrected chi connectivity index (χ1v) is 13.4. The number of rotatable bonds is 8. The van der Waals surface area contributed by atoms with Crippen LogP contribution in [0.4, 0.5) is 23.0 Å². The first-order valence-electron chi connectivity index (χ1n) is 12.6. The standard InChI is InChI=1S/C30H25Cl2N7O2/c1-2-41-29(40)27-20(19-12-13-21(31)22(32)16-19)17-34-28(27)35-24-10-6-7-11-25(24)36-30(33)37-26-15-14-23(38-39-26)18-8-4-3-5-9-18/h3-17,34-35H,2H2,1H3,(H3,33,36,37,39). The van der Waals surface area contributed by atoms with Crippen LogP contribution in [0.1, 0.15) is 17.3 Å². The Balaban J connectivity index is 1.36. The lowest BCUT2D eigenvalue weighted by atomic mass is 10.0. The molecule has 5 aromatic rings. The Morgan fingerprint density at radius 3 is 2.34 bits per heavy atom. The molecule has 0 aliphatic heterocycles. The molecule has 2 heterocycles. The Kier molecular flexibility index (Phi) is 8.47. The molecule has 0 aliphatic carbocycles. The fourth-order valence-corrected chi connectivity index (χ4v) is 4.42. The van der Waals surface area contributed by atoms with Gasteiger partial charge in [0.15, 0.2) is 11.8 Å². The van der Waals surface area contributed by atoms with E-state index in [0.717, 1.165) is 11.3 Å². The summed E-state index contributed by atoms with van der Waals surface area (Å²) in [6.45, 7) is 1.95. The number of ether oxygens (including phenoxy) is 1. The highest BCUT2D eigenvalue weighted by molar-refractivity contribution is 6.42. The number of hydrogen-bond donors (Lipinski definition) is 5. The van der Waals surface area contributed by atoms with Crippen LogP contribution in [0.3, 0.4) is 0 Å².